The molecule has 3 aromatic carbocycles. The number of H-pyrrole nitrogens is 1. The molecule has 5 aromatic rings. The van der Waals surface area contributed by atoms with Gasteiger partial charge in [0.05, 0.1) is 22.4 Å². The summed E-state index contributed by atoms with van der Waals surface area (Å²) in [5, 5.41) is 0.756. The van der Waals surface area contributed by atoms with E-state index in [9.17, 15) is 13.2 Å². The molecule has 0 spiro atoms. The zero-order valence-electron chi connectivity index (χ0n) is 16.5. The second-order valence-electron chi connectivity index (χ2n) is 7.00. The molecule has 0 radical (unpaired) electrons. The Balaban J connectivity index is 1.38. The van der Waals surface area contributed by atoms with Crippen molar-refractivity contribution in [2.45, 2.75) is 4.90 Å². The summed E-state index contributed by atoms with van der Waals surface area (Å²) in [5.41, 5.74) is 1.99. The summed E-state index contributed by atoms with van der Waals surface area (Å²) in [4.78, 5) is 19.5. The summed E-state index contributed by atoms with van der Waals surface area (Å²) in [7, 11) is -4.24. The zero-order valence-corrected chi connectivity index (χ0v) is 18.8. The van der Waals surface area contributed by atoms with Crippen LogP contribution in [0, 0.1) is 0 Å². The molecule has 0 atom stereocenters. The van der Waals surface area contributed by atoms with Crippen LogP contribution in [0.25, 0.3) is 22.0 Å². The van der Waals surface area contributed by atoms with E-state index in [0.29, 0.717) is 22.5 Å². The van der Waals surface area contributed by atoms with Crippen LogP contribution >= 0.6 is 23.2 Å². The average Bonchev–Trinajstić information content (AvgIpc) is 3.39. The minimum atomic E-state index is -4.24. The maximum atomic E-state index is 12.6. The topological polar surface area (TPSA) is 114 Å². The lowest BCUT2D eigenvalue weighted by Gasteiger charge is -2.07. The average molecular weight is 502 g/mol. The van der Waals surface area contributed by atoms with Crippen LogP contribution in [0.1, 0.15) is 10.6 Å². The number of nitrogens with zero attached hydrogens (tertiary/aromatic N) is 1. The maximum absolute atomic E-state index is 12.6. The van der Waals surface area contributed by atoms with Gasteiger partial charge in [0, 0.05) is 22.5 Å². The number of benzene rings is 3. The van der Waals surface area contributed by atoms with Gasteiger partial charge in [0.2, 0.25) is 0 Å². The number of ether oxygens (including phenoxy) is 1. The van der Waals surface area contributed by atoms with Gasteiger partial charge >= 0.3 is 5.91 Å². The fourth-order valence-electron chi connectivity index (χ4n) is 3.22. The molecule has 2 heterocycles. The highest BCUT2D eigenvalue weighted by Crippen LogP contribution is 2.30. The number of fused-ring (bicyclic) bond motifs is 2. The Bertz CT molecular complexity index is 1640. The van der Waals surface area contributed by atoms with Gasteiger partial charge in [0.15, 0.2) is 5.76 Å². The van der Waals surface area contributed by atoms with Crippen LogP contribution < -0.4 is 9.46 Å². The summed E-state index contributed by atoms with van der Waals surface area (Å²) in [5.74, 6) is -0.0659. The monoisotopic (exact) mass is 501 g/mol. The van der Waals surface area contributed by atoms with Gasteiger partial charge in [-0.25, -0.2) is 18.1 Å². The number of aromatic nitrogens is 2. The van der Waals surface area contributed by atoms with E-state index in [-0.39, 0.29) is 20.7 Å². The lowest BCUT2D eigenvalue weighted by molar-refractivity contribution is 0.0956. The molecule has 8 nitrogen and oxygen atoms in total. The molecule has 0 bridgehead atoms. The molecule has 33 heavy (non-hydrogen) atoms. The van der Waals surface area contributed by atoms with Crippen molar-refractivity contribution < 1.29 is 22.4 Å². The highest BCUT2D eigenvalue weighted by Gasteiger charge is 2.24. The first-order valence-electron chi connectivity index (χ1n) is 9.45. The number of sulfonamides is 1. The van der Waals surface area contributed by atoms with Gasteiger partial charge < -0.3 is 14.1 Å². The highest BCUT2D eigenvalue weighted by molar-refractivity contribution is 7.90. The number of aromatic amines is 1. The van der Waals surface area contributed by atoms with Gasteiger partial charge in [0.25, 0.3) is 10.0 Å². The molecule has 0 saturated heterocycles. The van der Waals surface area contributed by atoms with Crippen LogP contribution in [0.15, 0.2) is 76.3 Å². The number of amides is 1. The molecule has 0 unspecified atom stereocenters. The Labute approximate surface area is 197 Å². The third kappa shape index (κ3) is 4.25. The molecule has 0 aliphatic heterocycles. The minimum Gasteiger partial charge on any atom is -0.457 e. The van der Waals surface area contributed by atoms with Gasteiger partial charge in [-0.05, 0) is 48.5 Å². The summed E-state index contributed by atoms with van der Waals surface area (Å²) >= 11 is 11.8. The Hall–Kier alpha value is -3.53. The lowest BCUT2D eigenvalue weighted by atomic mass is 10.2. The number of imidazole rings is 1. The number of furan rings is 1. The first-order valence-corrected chi connectivity index (χ1v) is 11.7. The zero-order chi connectivity index (χ0) is 23.2. The number of nitrogens with one attached hydrogen (secondary N) is 2. The van der Waals surface area contributed by atoms with Gasteiger partial charge in [-0.15, -0.1) is 0 Å². The van der Waals surface area contributed by atoms with Crippen molar-refractivity contribution in [3.05, 3.63) is 82.8 Å². The Kier molecular flexibility index (Phi) is 5.24. The fraction of sp³-hybridized carbons (Fsp3) is 0. The van der Waals surface area contributed by atoms with Crippen molar-refractivity contribution in [3.63, 3.8) is 0 Å². The standard InChI is InChI=1S/C22H13Cl2N3O5S/c23-13-2-6-21(16(24)8-13)33(29,30)27-22(28)20-7-12-1-3-15(10-19(12)32-20)31-14-4-5-17-18(9-14)26-11-25-17/h1-11H,(H,25,26)(H,27,28). The Morgan fingerprint density at radius 2 is 1.79 bits per heavy atom. The van der Waals surface area contributed by atoms with Crippen LogP contribution in [-0.2, 0) is 10.0 Å². The van der Waals surface area contributed by atoms with Crippen LogP contribution in [0.3, 0.4) is 0 Å². The van der Waals surface area contributed by atoms with Gasteiger partial charge in [-0.3, -0.25) is 4.79 Å². The second-order valence-corrected chi connectivity index (χ2v) is 9.50. The van der Waals surface area contributed by atoms with Crippen molar-refractivity contribution in [2.75, 3.05) is 0 Å². The summed E-state index contributed by atoms with van der Waals surface area (Å²) in [6, 6.07) is 15.7. The van der Waals surface area contributed by atoms with Crippen molar-refractivity contribution in [3.8, 4) is 11.5 Å². The van der Waals surface area contributed by atoms with Crippen molar-refractivity contribution >= 4 is 61.1 Å². The van der Waals surface area contributed by atoms with E-state index in [1.807, 2.05) is 10.8 Å². The molecule has 1 amide bonds. The number of carbonyl (C=O) groups excluding carboxylic acids is 1. The van der Waals surface area contributed by atoms with Gasteiger partial charge in [0.1, 0.15) is 22.0 Å². The van der Waals surface area contributed by atoms with E-state index < -0.39 is 15.9 Å². The van der Waals surface area contributed by atoms with Crippen LogP contribution in [0.5, 0.6) is 11.5 Å². The first kappa shape index (κ1) is 21.3. The number of hydrogen-bond donors (Lipinski definition) is 2. The molecule has 0 saturated carbocycles. The minimum absolute atomic E-state index is 0.109. The molecule has 11 heteroatoms. The van der Waals surface area contributed by atoms with E-state index in [2.05, 4.69) is 9.97 Å². The fourth-order valence-corrected chi connectivity index (χ4v) is 4.95. The van der Waals surface area contributed by atoms with E-state index in [1.54, 1.807) is 36.7 Å². The first-order chi connectivity index (χ1) is 15.8. The summed E-state index contributed by atoms with van der Waals surface area (Å²) in [6.07, 6.45) is 1.59. The van der Waals surface area contributed by atoms with E-state index >= 15 is 0 Å². The van der Waals surface area contributed by atoms with Gasteiger partial charge in [-0.2, -0.15) is 0 Å². The van der Waals surface area contributed by atoms with Crippen LogP contribution in [-0.4, -0.2) is 24.3 Å². The number of rotatable bonds is 5. The Morgan fingerprint density at radius 1 is 1.00 bits per heavy atom. The lowest BCUT2D eigenvalue weighted by Crippen LogP contribution is -2.30. The molecule has 0 aliphatic carbocycles. The molecule has 166 valence electrons. The Morgan fingerprint density at radius 3 is 2.61 bits per heavy atom. The molecule has 2 N–H and O–H groups in total. The van der Waals surface area contributed by atoms with Crippen molar-refractivity contribution in [1.82, 2.24) is 14.7 Å². The third-order valence-electron chi connectivity index (χ3n) is 4.75. The highest BCUT2D eigenvalue weighted by atomic mass is 35.5. The van der Waals surface area contributed by atoms with E-state index in [1.165, 1.54) is 24.3 Å². The molecular formula is C22H13Cl2N3O5S. The maximum Gasteiger partial charge on any atom is 0.300 e. The largest absolute Gasteiger partial charge is 0.457 e. The summed E-state index contributed by atoms with van der Waals surface area (Å²) in [6.45, 7) is 0. The van der Waals surface area contributed by atoms with Crippen molar-refractivity contribution in [1.29, 1.82) is 0 Å². The van der Waals surface area contributed by atoms with Crippen molar-refractivity contribution in [2.24, 2.45) is 0 Å². The molecular weight excluding hydrogens is 489 g/mol. The molecule has 0 aliphatic rings. The number of hydrogen-bond acceptors (Lipinski definition) is 6. The number of carbonyl (C=O) groups is 1. The van der Waals surface area contributed by atoms with Crippen LogP contribution in [0.2, 0.25) is 10.0 Å². The number of halogens is 2. The van der Waals surface area contributed by atoms with E-state index in [0.717, 1.165) is 11.0 Å². The van der Waals surface area contributed by atoms with E-state index in [4.69, 9.17) is 32.4 Å². The third-order valence-corrected chi connectivity index (χ3v) is 6.80. The molecule has 2 aromatic heterocycles. The predicted octanol–water partition coefficient (Wildman–Crippen LogP) is 5.53. The van der Waals surface area contributed by atoms with Crippen LogP contribution in [0.4, 0.5) is 0 Å². The summed E-state index contributed by atoms with van der Waals surface area (Å²) < 4.78 is 38.5. The van der Waals surface area contributed by atoms with Gasteiger partial charge in [-0.1, -0.05) is 23.2 Å². The molecule has 5 rings (SSSR count). The quantitative estimate of drug-likeness (QED) is 0.327. The predicted molar refractivity (Wildman–Crippen MR) is 123 cm³/mol. The molecule has 0 fully saturated rings. The normalized spacial score (nSPS) is 11.7. The SMILES string of the molecule is O=C(NS(=O)(=O)c1ccc(Cl)cc1Cl)c1cc2ccc(Oc3ccc4nc[nH]c4c3)cc2o1. The smallest absolute Gasteiger partial charge is 0.300 e. The second kappa shape index (κ2) is 8.11.